The van der Waals surface area contributed by atoms with Crippen LogP contribution < -0.4 is 0 Å². The molecule has 0 bridgehead atoms. The fourth-order valence-corrected chi connectivity index (χ4v) is 6.81. The van der Waals surface area contributed by atoms with Gasteiger partial charge in [0.05, 0.1) is 13.2 Å². The Balaban J connectivity index is 2.47. The van der Waals surface area contributed by atoms with E-state index in [9.17, 15) is 39.8 Å². The Morgan fingerprint density at radius 3 is 1.73 bits per heavy atom. The fourth-order valence-electron chi connectivity index (χ4n) is 5.84. The molecular weight excluding hydrogens is 691 g/mol. The van der Waals surface area contributed by atoms with E-state index in [4.69, 9.17) is 18.5 Å². The third-order valence-corrected chi connectivity index (χ3v) is 10.0. The number of aliphatic hydroxyl groups excluding tert-OH is 5. The lowest BCUT2D eigenvalue weighted by Gasteiger charge is -2.41. The maximum atomic E-state index is 12.7. The maximum absolute atomic E-state index is 12.7. The van der Waals surface area contributed by atoms with E-state index in [0.717, 1.165) is 70.6 Å². The summed E-state index contributed by atoms with van der Waals surface area (Å²) in [4.78, 5) is 23.0. The summed E-state index contributed by atoms with van der Waals surface area (Å²) in [6.07, 6.45) is 20.8. The SMILES string of the molecule is CC/C=C\C/C=C\C/C=C\CCCCCCCC(=O)OC(COCCCCCCCCCCCC)COP(=O)(O)OC1C(O)C(O)C(O)C(O)C1O. The van der Waals surface area contributed by atoms with Crippen LogP contribution in [0.15, 0.2) is 36.5 Å². The van der Waals surface area contributed by atoms with Crippen LogP contribution in [-0.4, -0.2) is 98.9 Å². The molecule has 0 saturated heterocycles. The normalized spacial score (nSPS) is 24.2. The van der Waals surface area contributed by atoms with Crippen molar-refractivity contribution in [2.24, 2.45) is 0 Å². The van der Waals surface area contributed by atoms with E-state index in [-0.39, 0.29) is 13.0 Å². The molecule has 0 heterocycles. The van der Waals surface area contributed by atoms with Crippen LogP contribution in [0.4, 0.5) is 0 Å². The number of hydrogen-bond donors (Lipinski definition) is 6. The van der Waals surface area contributed by atoms with Crippen LogP contribution in [0, 0.1) is 0 Å². The van der Waals surface area contributed by atoms with Gasteiger partial charge in [0.1, 0.15) is 42.7 Å². The van der Waals surface area contributed by atoms with Crippen LogP contribution in [0.5, 0.6) is 0 Å². The summed E-state index contributed by atoms with van der Waals surface area (Å²) in [7, 11) is -5.01. The summed E-state index contributed by atoms with van der Waals surface area (Å²) in [6.45, 7) is 4.09. The minimum absolute atomic E-state index is 0.0827. The van der Waals surface area contributed by atoms with Crippen molar-refractivity contribution in [3.05, 3.63) is 36.5 Å². The fraction of sp³-hybridized carbons (Fsp3) is 0.821. The van der Waals surface area contributed by atoms with Gasteiger partial charge in [0, 0.05) is 13.0 Å². The molecule has 13 heteroatoms. The molecule has 12 nitrogen and oxygen atoms in total. The largest absolute Gasteiger partial charge is 0.472 e. The zero-order chi connectivity index (χ0) is 38.5. The first-order valence-corrected chi connectivity index (χ1v) is 21.3. The topological polar surface area (TPSA) is 192 Å². The number of phosphoric ester groups is 1. The molecule has 0 amide bonds. The van der Waals surface area contributed by atoms with Gasteiger partial charge in [-0.2, -0.15) is 0 Å². The number of ether oxygens (including phenoxy) is 2. The highest BCUT2D eigenvalue weighted by Gasteiger charge is 2.51. The average molecular weight is 763 g/mol. The van der Waals surface area contributed by atoms with Crippen molar-refractivity contribution in [3.63, 3.8) is 0 Å². The first-order valence-electron chi connectivity index (χ1n) is 19.8. The predicted octanol–water partition coefficient (Wildman–Crippen LogP) is 6.75. The van der Waals surface area contributed by atoms with Gasteiger partial charge in [0.2, 0.25) is 0 Å². The Morgan fingerprint density at radius 1 is 0.635 bits per heavy atom. The molecule has 6 N–H and O–H groups in total. The second-order valence-electron chi connectivity index (χ2n) is 13.8. The number of hydrogen-bond acceptors (Lipinski definition) is 11. The van der Waals surface area contributed by atoms with E-state index in [2.05, 4.69) is 50.3 Å². The van der Waals surface area contributed by atoms with E-state index in [1.165, 1.54) is 44.9 Å². The van der Waals surface area contributed by atoms with Gasteiger partial charge in [0.25, 0.3) is 0 Å². The number of esters is 1. The zero-order valence-electron chi connectivity index (χ0n) is 31.8. The number of carbonyl (C=O) groups excluding carboxylic acids is 1. The second-order valence-corrected chi connectivity index (χ2v) is 15.2. The smallest absolute Gasteiger partial charge is 0.457 e. The first kappa shape index (κ1) is 48.6. The van der Waals surface area contributed by atoms with Gasteiger partial charge in [-0.3, -0.25) is 13.8 Å². The molecule has 304 valence electrons. The molecule has 1 fully saturated rings. The summed E-state index contributed by atoms with van der Waals surface area (Å²) in [5, 5.41) is 49.9. The van der Waals surface area contributed by atoms with Gasteiger partial charge < -0.3 is 39.9 Å². The number of phosphoric acid groups is 1. The van der Waals surface area contributed by atoms with Gasteiger partial charge in [-0.25, -0.2) is 4.57 Å². The van der Waals surface area contributed by atoms with Crippen LogP contribution in [0.1, 0.15) is 142 Å². The van der Waals surface area contributed by atoms with Crippen molar-refractivity contribution in [2.45, 2.75) is 185 Å². The molecule has 52 heavy (non-hydrogen) atoms. The quantitative estimate of drug-likeness (QED) is 0.0183. The Hall–Kier alpha value is -1.44. The molecule has 0 spiro atoms. The van der Waals surface area contributed by atoms with E-state index in [1.807, 2.05) is 0 Å². The van der Waals surface area contributed by atoms with Crippen molar-refractivity contribution in [1.82, 2.24) is 0 Å². The highest BCUT2D eigenvalue weighted by atomic mass is 31.2. The van der Waals surface area contributed by atoms with Gasteiger partial charge in [-0.1, -0.05) is 127 Å². The van der Waals surface area contributed by atoms with E-state index in [1.54, 1.807) is 0 Å². The van der Waals surface area contributed by atoms with Gasteiger partial charge >= 0.3 is 13.8 Å². The molecule has 0 aromatic heterocycles. The summed E-state index contributed by atoms with van der Waals surface area (Å²) in [6, 6.07) is 0. The monoisotopic (exact) mass is 762 g/mol. The molecule has 6 atom stereocenters. The van der Waals surface area contributed by atoms with Crippen LogP contribution >= 0.6 is 7.82 Å². The summed E-state index contributed by atoms with van der Waals surface area (Å²) in [5.41, 5.74) is 0. The van der Waals surface area contributed by atoms with E-state index < -0.39 is 63.1 Å². The van der Waals surface area contributed by atoms with E-state index in [0.29, 0.717) is 13.0 Å². The van der Waals surface area contributed by atoms with Crippen LogP contribution in [-0.2, 0) is 27.9 Å². The molecule has 0 radical (unpaired) electrons. The van der Waals surface area contributed by atoms with Gasteiger partial charge in [0.15, 0.2) is 0 Å². The highest BCUT2D eigenvalue weighted by molar-refractivity contribution is 7.47. The molecule has 6 unspecified atom stereocenters. The maximum Gasteiger partial charge on any atom is 0.472 e. The molecule has 1 saturated carbocycles. The molecule has 1 aliphatic rings. The van der Waals surface area contributed by atoms with Crippen molar-refractivity contribution >= 4 is 13.8 Å². The zero-order valence-corrected chi connectivity index (χ0v) is 32.7. The second kappa shape index (κ2) is 30.8. The minimum atomic E-state index is -5.01. The summed E-state index contributed by atoms with van der Waals surface area (Å²) in [5.74, 6) is -0.496. The van der Waals surface area contributed by atoms with Gasteiger partial charge in [-0.05, 0) is 44.9 Å². The molecule has 1 aliphatic carbocycles. The highest BCUT2D eigenvalue weighted by Crippen LogP contribution is 2.47. The lowest BCUT2D eigenvalue weighted by molar-refractivity contribution is -0.220. The minimum Gasteiger partial charge on any atom is -0.457 e. The molecular formula is C39H71O12P. The molecule has 0 aromatic rings. The lowest BCUT2D eigenvalue weighted by atomic mass is 9.85. The Kier molecular flexibility index (Phi) is 28.8. The third-order valence-electron chi connectivity index (χ3n) is 9.03. The van der Waals surface area contributed by atoms with Crippen molar-refractivity contribution in [3.8, 4) is 0 Å². The Morgan fingerprint density at radius 2 is 1.13 bits per heavy atom. The molecule has 0 aliphatic heterocycles. The first-order chi connectivity index (χ1) is 25.0. The lowest BCUT2D eigenvalue weighted by Crippen LogP contribution is -2.64. The van der Waals surface area contributed by atoms with Gasteiger partial charge in [-0.15, -0.1) is 0 Å². The van der Waals surface area contributed by atoms with Crippen LogP contribution in [0.3, 0.4) is 0 Å². The van der Waals surface area contributed by atoms with Crippen molar-refractivity contribution in [2.75, 3.05) is 19.8 Å². The van der Waals surface area contributed by atoms with Crippen LogP contribution in [0.25, 0.3) is 0 Å². The van der Waals surface area contributed by atoms with Crippen molar-refractivity contribution in [1.29, 1.82) is 0 Å². The van der Waals surface area contributed by atoms with Crippen molar-refractivity contribution < 1.29 is 58.3 Å². The number of unbranched alkanes of at least 4 members (excludes halogenated alkanes) is 14. The Labute approximate surface area is 312 Å². The summed E-state index contributed by atoms with van der Waals surface area (Å²) >= 11 is 0. The summed E-state index contributed by atoms with van der Waals surface area (Å²) < 4.78 is 33.9. The average Bonchev–Trinajstić information content (AvgIpc) is 3.12. The van der Waals surface area contributed by atoms with E-state index >= 15 is 0 Å². The number of allylic oxidation sites excluding steroid dienone is 6. The number of aliphatic hydroxyl groups is 5. The third kappa shape index (κ3) is 23.4. The Bertz CT molecular complexity index is 1010. The predicted molar refractivity (Wildman–Crippen MR) is 202 cm³/mol. The standard InChI is InChI=1S/C39H71O12P/c1-3-5-7-9-11-13-15-16-17-18-19-20-22-24-26-28-33(40)50-32(30-48-29-27-25-23-21-14-12-10-8-6-4-2)31-49-52(46,47)51-39-37(44)35(42)34(41)36(43)38(39)45/h5,7,11,13,16-17,32,34-39,41-45H,3-4,6,8-10,12,14-15,18-31H2,1-2H3,(H,46,47)/b7-5-,13-11-,17-16-. The molecule has 0 aromatic carbocycles. The molecule has 1 rings (SSSR count). The number of rotatable bonds is 32. The van der Waals surface area contributed by atoms with Crippen LogP contribution in [0.2, 0.25) is 0 Å². The number of carbonyl (C=O) groups is 1.